The molecule has 0 radical (unpaired) electrons. The first-order chi connectivity index (χ1) is 8.08. The van der Waals surface area contributed by atoms with Gasteiger partial charge in [-0.3, -0.25) is 0 Å². The van der Waals surface area contributed by atoms with Gasteiger partial charge in [0.25, 0.3) is 0 Å². The molecule has 1 rings (SSSR count). The third-order valence-electron chi connectivity index (χ3n) is 2.29. The fraction of sp³-hybridized carbons (Fsp3) is 0.538. The molecule has 0 aliphatic carbocycles. The molecule has 1 aromatic carbocycles. The van der Waals surface area contributed by atoms with E-state index in [1.807, 2.05) is 19.1 Å². The number of hydrogen-bond donors (Lipinski definition) is 1. The third kappa shape index (κ3) is 4.92. The lowest BCUT2D eigenvalue weighted by molar-refractivity contribution is 0.310. The molecule has 1 aromatic rings. The summed E-state index contributed by atoms with van der Waals surface area (Å²) >= 11 is 6.15. The Bertz CT molecular complexity index is 370. The quantitative estimate of drug-likeness (QED) is 0.868. The molecule has 104 valence electrons. The minimum Gasteiger partial charge on any atom is -0.491 e. The third-order valence-corrected chi connectivity index (χ3v) is 2.57. The first-order valence-electron chi connectivity index (χ1n) is 5.81. The summed E-state index contributed by atoms with van der Waals surface area (Å²) in [6.45, 7) is 7.50. The van der Waals surface area contributed by atoms with Crippen LogP contribution in [0.5, 0.6) is 11.5 Å². The highest BCUT2D eigenvalue weighted by Crippen LogP contribution is 2.36. The van der Waals surface area contributed by atoms with E-state index in [-0.39, 0.29) is 12.4 Å². The van der Waals surface area contributed by atoms with Gasteiger partial charge in [0.1, 0.15) is 0 Å². The molecule has 0 spiro atoms. The lowest BCUT2D eigenvalue weighted by atomic mass is 10.2. The number of hydrogen-bond acceptors (Lipinski definition) is 3. The first-order valence-corrected chi connectivity index (χ1v) is 6.18. The Morgan fingerprint density at radius 1 is 1.33 bits per heavy atom. The highest BCUT2D eigenvalue weighted by atomic mass is 35.5. The van der Waals surface area contributed by atoms with Gasteiger partial charge in [0.15, 0.2) is 11.5 Å². The Hall–Kier alpha value is -0.640. The lowest BCUT2D eigenvalue weighted by Gasteiger charge is -2.14. The molecule has 0 aliphatic rings. The lowest BCUT2D eigenvalue weighted by Crippen LogP contribution is -2.21. The first kappa shape index (κ1) is 17.4. The summed E-state index contributed by atoms with van der Waals surface area (Å²) in [5.41, 5.74) is 1.09. The van der Waals surface area contributed by atoms with E-state index in [4.69, 9.17) is 21.1 Å². The zero-order valence-electron chi connectivity index (χ0n) is 11.2. The number of methoxy groups -OCH3 is 1. The predicted molar refractivity (Wildman–Crippen MR) is 78.4 cm³/mol. The molecule has 1 N–H and O–H groups in total. The summed E-state index contributed by atoms with van der Waals surface area (Å²) in [6, 6.07) is 4.30. The maximum absolute atomic E-state index is 6.15. The molecular weight excluding hydrogens is 273 g/mol. The molecule has 0 amide bonds. The molecule has 0 bridgehead atoms. The Balaban J connectivity index is 0.00000289. The molecule has 5 heteroatoms. The van der Waals surface area contributed by atoms with Crippen LogP contribution in [0.2, 0.25) is 5.02 Å². The zero-order chi connectivity index (χ0) is 12.8. The minimum absolute atomic E-state index is 0. The van der Waals surface area contributed by atoms with Gasteiger partial charge in [-0.2, -0.15) is 0 Å². The monoisotopic (exact) mass is 293 g/mol. The number of nitrogens with one attached hydrogen (secondary N) is 1. The van der Waals surface area contributed by atoms with Crippen molar-refractivity contribution < 1.29 is 9.47 Å². The van der Waals surface area contributed by atoms with E-state index in [0.29, 0.717) is 29.2 Å². The number of halogens is 2. The largest absolute Gasteiger partial charge is 0.491 e. The van der Waals surface area contributed by atoms with Crippen molar-refractivity contribution in [3.63, 3.8) is 0 Å². The summed E-state index contributed by atoms with van der Waals surface area (Å²) in [7, 11) is 1.59. The molecule has 0 unspecified atom stereocenters. The highest BCUT2D eigenvalue weighted by Gasteiger charge is 2.11. The molecule has 18 heavy (non-hydrogen) atoms. The molecule has 0 aromatic heterocycles. The van der Waals surface area contributed by atoms with E-state index < -0.39 is 0 Å². The fourth-order valence-corrected chi connectivity index (χ4v) is 1.82. The summed E-state index contributed by atoms with van der Waals surface area (Å²) in [4.78, 5) is 0. The van der Waals surface area contributed by atoms with Crippen LogP contribution >= 0.6 is 24.0 Å². The fourth-order valence-electron chi connectivity index (χ4n) is 1.51. The minimum atomic E-state index is 0. The van der Waals surface area contributed by atoms with Crippen molar-refractivity contribution >= 4 is 24.0 Å². The molecule has 3 nitrogen and oxygen atoms in total. The van der Waals surface area contributed by atoms with Gasteiger partial charge in [0.05, 0.1) is 18.7 Å². The van der Waals surface area contributed by atoms with Crippen LogP contribution in [-0.2, 0) is 6.54 Å². The van der Waals surface area contributed by atoms with E-state index in [1.54, 1.807) is 7.11 Å². The van der Waals surface area contributed by atoms with E-state index in [1.165, 1.54) is 0 Å². The average molecular weight is 294 g/mol. The normalized spacial score (nSPS) is 10.1. The van der Waals surface area contributed by atoms with Crippen LogP contribution in [0.1, 0.15) is 26.3 Å². The van der Waals surface area contributed by atoms with Crippen LogP contribution in [0.3, 0.4) is 0 Å². The van der Waals surface area contributed by atoms with Crippen LogP contribution in [0.25, 0.3) is 0 Å². The highest BCUT2D eigenvalue weighted by molar-refractivity contribution is 6.32. The Labute approximate surface area is 120 Å². The van der Waals surface area contributed by atoms with Crippen molar-refractivity contribution in [1.29, 1.82) is 0 Å². The van der Waals surface area contributed by atoms with Gasteiger partial charge in [0.2, 0.25) is 0 Å². The summed E-state index contributed by atoms with van der Waals surface area (Å²) in [5, 5.41) is 3.92. The van der Waals surface area contributed by atoms with Crippen LogP contribution in [-0.4, -0.2) is 19.8 Å². The molecule has 0 aliphatic heterocycles. The molecule has 0 heterocycles. The van der Waals surface area contributed by atoms with Gasteiger partial charge >= 0.3 is 0 Å². The Morgan fingerprint density at radius 2 is 2.00 bits per heavy atom. The van der Waals surface area contributed by atoms with Crippen LogP contribution in [0.15, 0.2) is 12.1 Å². The second-order valence-corrected chi connectivity index (χ2v) is 4.48. The number of rotatable bonds is 6. The van der Waals surface area contributed by atoms with Crippen molar-refractivity contribution in [1.82, 2.24) is 5.32 Å². The van der Waals surface area contributed by atoms with Crippen molar-refractivity contribution in [2.75, 3.05) is 13.7 Å². The van der Waals surface area contributed by atoms with Gasteiger partial charge in [-0.25, -0.2) is 0 Å². The van der Waals surface area contributed by atoms with E-state index in [0.717, 1.165) is 12.1 Å². The van der Waals surface area contributed by atoms with Gasteiger partial charge in [-0.1, -0.05) is 25.4 Å². The standard InChI is InChI=1S/C13H20ClNO2.ClH/c1-5-17-12-7-10(8-15-9(2)3)6-11(14)13(12)16-4;/h6-7,9,15H,5,8H2,1-4H3;1H. The summed E-state index contributed by atoms with van der Waals surface area (Å²) in [5.74, 6) is 1.30. The van der Waals surface area contributed by atoms with Gasteiger partial charge in [-0.05, 0) is 24.6 Å². The van der Waals surface area contributed by atoms with Crippen molar-refractivity contribution in [3.05, 3.63) is 22.7 Å². The zero-order valence-corrected chi connectivity index (χ0v) is 12.8. The number of ether oxygens (including phenoxy) is 2. The molecular formula is C13H21Cl2NO2. The van der Waals surface area contributed by atoms with Crippen molar-refractivity contribution in [2.45, 2.75) is 33.4 Å². The molecule has 0 atom stereocenters. The number of benzene rings is 1. The van der Waals surface area contributed by atoms with Gasteiger partial charge < -0.3 is 14.8 Å². The molecule has 0 fully saturated rings. The maximum atomic E-state index is 6.15. The van der Waals surface area contributed by atoms with Crippen LogP contribution < -0.4 is 14.8 Å². The summed E-state index contributed by atoms with van der Waals surface area (Å²) < 4.78 is 10.8. The van der Waals surface area contributed by atoms with E-state index in [9.17, 15) is 0 Å². The SMILES string of the molecule is CCOc1cc(CNC(C)C)cc(Cl)c1OC.Cl. The maximum Gasteiger partial charge on any atom is 0.179 e. The summed E-state index contributed by atoms with van der Waals surface area (Å²) in [6.07, 6.45) is 0. The molecule has 0 saturated heterocycles. The predicted octanol–water partition coefficient (Wildman–Crippen LogP) is 3.67. The van der Waals surface area contributed by atoms with Crippen molar-refractivity contribution in [2.24, 2.45) is 0 Å². The topological polar surface area (TPSA) is 30.5 Å². The molecule has 0 saturated carbocycles. The van der Waals surface area contributed by atoms with Gasteiger partial charge in [0, 0.05) is 12.6 Å². The van der Waals surface area contributed by atoms with Crippen LogP contribution in [0.4, 0.5) is 0 Å². The Morgan fingerprint density at radius 3 is 2.50 bits per heavy atom. The second-order valence-electron chi connectivity index (χ2n) is 4.08. The smallest absolute Gasteiger partial charge is 0.179 e. The van der Waals surface area contributed by atoms with Crippen LogP contribution in [0, 0.1) is 0 Å². The van der Waals surface area contributed by atoms with Crippen molar-refractivity contribution in [3.8, 4) is 11.5 Å². The van der Waals surface area contributed by atoms with E-state index >= 15 is 0 Å². The average Bonchev–Trinajstić information content (AvgIpc) is 2.26. The second kappa shape index (κ2) is 8.46. The Kier molecular flexibility index (Phi) is 8.16. The van der Waals surface area contributed by atoms with Gasteiger partial charge in [-0.15, -0.1) is 12.4 Å². The van der Waals surface area contributed by atoms with E-state index in [2.05, 4.69) is 19.2 Å².